The Labute approximate surface area is 72.0 Å². The molecule has 0 saturated carbocycles. The minimum absolute atomic E-state index is 0.523. The molecule has 0 aromatic carbocycles. The third-order valence-corrected chi connectivity index (χ3v) is 2.16. The van der Waals surface area contributed by atoms with Gasteiger partial charge >= 0.3 is 0 Å². The molecule has 4 heteroatoms. The minimum Gasteiger partial charge on any atom is -0.312 e. The monoisotopic (exact) mass is 166 g/mol. The third-order valence-electron chi connectivity index (χ3n) is 2.16. The number of hydrogen-bond acceptors (Lipinski definition) is 3. The molecule has 4 nitrogen and oxygen atoms in total. The van der Waals surface area contributed by atoms with Crippen molar-refractivity contribution in [3.05, 3.63) is 11.6 Å². The van der Waals surface area contributed by atoms with E-state index >= 15 is 0 Å². The number of aryl methyl sites for hydroxylation is 1. The SMILES string of the molecule is Cc1nc2n(n1)CCNC(C)C2. The van der Waals surface area contributed by atoms with E-state index in [1.165, 1.54) is 0 Å². The number of nitrogens with zero attached hydrogens (tertiary/aromatic N) is 3. The lowest BCUT2D eigenvalue weighted by Crippen LogP contribution is -2.27. The van der Waals surface area contributed by atoms with Crippen LogP contribution in [0, 0.1) is 6.92 Å². The first-order valence-electron chi connectivity index (χ1n) is 4.39. The maximum Gasteiger partial charge on any atom is 0.147 e. The molecule has 12 heavy (non-hydrogen) atoms. The van der Waals surface area contributed by atoms with Crippen molar-refractivity contribution >= 4 is 0 Å². The molecule has 1 aromatic heterocycles. The zero-order chi connectivity index (χ0) is 8.55. The van der Waals surface area contributed by atoms with Crippen molar-refractivity contribution in [2.45, 2.75) is 32.9 Å². The number of nitrogens with one attached hydrogen (secondary N) is 1. The Morgan fingerprint density at radius 1 is 1.58 bits per heavy atom. The first-order chi connectivity index (χ1) is 5.75. The van der Waals surface area contributed by atoms with Crippen LogP contribution in [0.5, 0.6) is 0 Å². The zero-order valence-electron chi connectivity index (χ0n) is 7.54. The van der Waals surface area contributed by atoms with Gasteiger partial charge in [0, 0.05) is 19.0 Å². The summed E-state index contributed by atoms with van der Waals surface area (Å²) in [5, 5.41) is 7.71. The molecular weight excluding hydrogens is 152 g/mol. The summed E-state index contributed by atoms with van der Waals surface area (Å²) in [5.41, 5.74) is 0. The van der Waals surface area contributed by atoms with Crippen LogP contribution in [-0.4, -0.2) is 27.4 Å². The van der Waals surface area contributed by atoms with E-state index in [0.717, 1.165) is 31.2 Å². The van der Waals surface area contributed by atoms with Crippen molar-refractivity contribution in [3.63, 3.8) is 0 Å². The molecule has 1 N–H and O–H groups in total. The molecule has 0 bridgehead atoms. The summed E-state index contributed by atoms with van der Waals surface area (Å²) in [6.07, 6.45) is 0.987. The fraction of sp³-hybridized carbons (Fsp3) is 0.750. The van der Waals surface area contributed by atoms with Crippen LogP contribution < -0.4 is 5.32 Å². The molecule has 2 rings (SSSR count). The average molecular weight is 166 g/mol. The van der Waals surface area contributed by atoms with Crippen LogP contribution in [0.25, 0.3) is 0 Å². The summed E-state index contributed by atoms with van der Waals surface area (Å²) in [5.74, 6) is 2.00. The topological polar surface area (TPSA) is 42.7 Å². The molecule has 0 saturated heterocycles. The average Bonchev–Trinajstić information content (AvgIpc) is 2.23. The Balaban J connectivity index is 2.30. The number of hydrogen-bond donors (Lipinski definition) is 1. The predicted octanol–water partition coefficient (Wildman–Crippen LogP) is 0.121. The van der Waals surface area contributed by atoms with Crippen molar-refractivity contribution < 1.29 is 0 Å². The van der Waals surface area contributed by atoms with E-state index in [0.29, 0.717) is 6.04 Å². The first kappa shape index (κ1) is 7.73. The second kappa shape index (κ2) is 2.86. The van der Waals surface area contributed by atoms with Gasteiger partial charge < -0.3 is 5.32 Å². The van der Waals surface area contributed by atoms with Gasteiger partial charge in [-0.15, -0.1) is 0 Å². The van der Waals surface area contributed by atoms with Crippen LogP contribution in [0.2, 0.25) is 0 Å². The summed E-state index contributed by atoms with van der Waals surface area (Å²) in [6.45, 7) is 6.07. The second-order valence-corrected chi connectivity index (χ2v) is 3.36. The molecule has 0 amide bonds. The molecule has 0 spiro atoms. The maximum atomic E-state index is 4.37. The van der Waals surface area contributed by atoms with Gasteiger partial charge in [0.2, 0.25) is 0 Å². The largest absolute Gasteiger partial charge is 0.312 e. The van der Waals surface area contributed by atoms with Gasteiger partial charge in [-0.25, -0.2) is 9.67 Å². The predicted molar refractivity (Wildman–Crippen MR) is 45.9 cm³/mol. The molecule has 66 valence electrons. The van der Waals surface area contributed by atoms with Crippen LogP contribution in [0.15, 0.2) is 0 Å². The normalized spacial score (nSPS) is 23.3. The quantitative estimate of drug-likeness (QED) is 0.595. The minimum atomic E-state index is 0.523. The van der Waals surface area contributed by atoms with Gasteiger partial charge in [-0.1, -0.05) is 0 Å². The smallest absolute Gasteiger partial charge is 0.147 e. The molecular formula is C8H14N4. The fourth-order valence-corrected chi connectivity index (χ4v) is 1.59. The summed E-state index contributed by atoms with van der Waals surface area (Å²) in [4.78, 5) is 4.37. The van der Waals surface area contributed by atoms with Crippen LogP contribution >= 0.6 is 0 Å². The van der Waals surface area contributed by atoms with Gasteiger partial charge in [0.15, 0.2) is 0 Å². The van der Waals surface area contributed by atoms with Gasteiger partial charge in [0.1, 0.15) is 11.6 Å². The standard InChI is InChI=1S/C8H14N4/c1-6-5-8-10-7(2)11-12(8)4-3-9-6/h6,9H,3-5H2,1-2H3. The van der Waals surface area contributed by atoms with Gasteiger partial charge in [-0.2, -0.15) is 5.10 Å². The lowest BCUT2D eigenvalue weighted by molar-refractivity contribution is 0.542. The first-order valence-corrected chi connectivity index (χ1v) is 4.39. The second-order valence-electron chi connectivity index (χ2n) is 3.36. The number of rotatable bonds is 0. The van der Waals surface area contributed by atoms with E-state index < -0.39 is 0 Å². The molecule has 0 fully saturated rings. The Hall–Kier alpha value is -0.900. The zero-order valence-corrected chi connectivity index (χ0v) is 7.54. The van der Waals surface area contributed by atoms with Gasteiger partial charge in [-0.05, 0) is 13.8 Å². The summed E-state index contributed by atoms with van der Waals surface area (Å²) < 4.78 is 2.01. The van der Waals surface area contributed by atoms with Gasteiger partial charge in [-0.3, -0.25) is 0 Å². The van der Waals surface area contributed by atoms with E-state index in [2.05, 4.69) is 22.3 Å². The molecule has 1 aliphatic rings. The lowest BCUT2D eigenvalue weighted by Gasteiger charge is -2.05. The van der Waals surface area contributed by atoms with Crippen molar-refractivity contribution in [1.82, 2.24) is 20.1 Å². The highest BCUT2D eigenvalue weighted by Crippen LogP contribution is 2.04. The van der Waals surface area contributed by atoms with E-state index in [4.69, 9.17) is 0 Å². The van der Waals surface area contributed by atoms with Crippen molar-refractivity contribution in [2.24, 2.45) is 0 Å². The van der Waals surface area contributed by atoms with E-state index in [1.807, 2.05) is 11.6 Å². The van der Waals surface area contributed by atoms with E-state index in [9.17, 15) is 0 Å². The van der Waals surface area contributed by atoms with Crippen molar-refractivity contribution in [3.8, 4) is 0 Å². The number of fused-ring (bicyclic) bond motifs is 1. The van der Waals surface area contributed by atoms with Crippen molar-refractivity contribution in [2.75, 3.05) is 6.54 Å². The fourth-order valence-electron chi connectivity index (χ4n) is 1.59. The van der Waals surface area contributed by atoms with Crippen LogP contribution in [-0.2, 0) is 13.0 Å². The third kappa shape index (κ3) is 1.34. The Morgan fingerprint density at radius 2 is 2.42 bits per heavy atom. The molecule has 2 heterocycles. The highest BCUT2D eigenvalue weighted by molar-refractivity contribution is 4.95. The molecule has 0 radical (unpaired) electrons. The molecule has 1 aromatic rings. The highest BCUT2D eigenvalue weighted by atomic mass is 15.4. The van der Waals surface area contributed by atoms with Crippen LogP contribution in [0.3, 0.4) is 0 Å². The van der Waals surface area contributed by atoms with Crippen LogP contribution in [0.1, 0.15) is 18.6 Å². The molecule has 1 aliphatic heterocycles. The lowest BCUT2D eigenvalue weighted by atomic mass is 10.2. The summed E-state index contributed by atoms with van der Waals surface area (Å²) in [7, 11) is 0. The molecule has 0 aliphatic carbocycles. The van der Waals surface area contributed by atoms with Gasteiger partial charge in [0.25, 0.3) is 0 Å². The Morgan fingerprint density at radius 3 is 3.25 bits per heavy atom. The van der Waals surface area contributed by atoms with Gasteiger partial charge in [0.05, 0.1) is 6.54 Å². The van der Waals surface area contributed by atoms with Crippen molar-refractivity contribution in [1.29, 1.82) is 0 Å². The van der Waals surface area contributed by atoms with Crippen LogP contribution in [0.4, 0.5) is 0 Å². The molecule has 1 atom stereocenters. The highest BCUT2D eigenvalue weighted by Gasteiger charge is 2.14. The Bertz CT molecular complexity index is 279. The maximum absolute atomic E-state index is 4.37. The summed E-state index contributed by atoms with van der Waals surface area (Å²) >= 11 is 0. The van der Waals surface area contributed by atoms with E-state index in [1.54, 1.807) is 0 Å². The summed E-state index contributed by atoms with van der Waals surface area (Å²) in [6, 6.07) is 0.523. The molecule has 1 unspecified atom stereocenters. The van der Waals surface area contributed by atoms with E-state index in [-0.39, 0.29) is 0 Å². The number of aromatic nitrogens is 3. The Kier molecular flexibility index (Phi) is 1.84.